The monoisotopic (exact) mass is 244 g/mol. The van der Waals surface area contributed by atoms with Gasteiger partial charge < -0.3 is 16.0 Å². The molecule has 0 amide bonds. The van der Waals surface area contributed by atoms with Crippen LogP contribution >= 0.6 is 0 Å². The molecule has 96 valence electrons. The Kier molecular flexibility index (Phi) is 3.06. The van der Waals surface area contributed by atoms with Gasteiger partial charge in [0.1, 0.15) is 5.82 Å². The summed E-state index contributed by atoms with van der Waals surface area (Å²) in [6.07, 6.45) is 2.34. The fourth-order valence-electron chi connectivity index (χ4n) is 2.67. The Balaban J connectivity index is 1.57. The van der Waals surface area contributed by atoms with E-state index in [-0.39, 0.29) is 0 Å². The molecule has 0 spiro atoms. The maximum atomic E-state index is 5.78. The first-order valence-corrected chi connectivity index (χ1v) is 6.62. The van der Waals surface area contributed by atoms with E-state index in [4.69, 9.17) is 5.73 Å². The second-order valence-corrected chi connectivity index (χ2v) is 5.40. The lowest BCUT2D eigenvalue weighted by molar-refractivity contribution is 0.256. The summed E-state index contributed by atoms with van der Waals surface area (Å²) in [7, 11) is 0. The molecule has 0 unspecified atom stereocenters. The van der Waals surface area contributed by atoms with E-state index in [0.29, 0.717) is 6.04 Å². The van der Waals surface area contributed by atoms with Gasteiger partial charge in [0.05, 0.1) is 11.0 Å². The summed E-state index contributed by atoms with van der Waals surface area (Å²) in [6, 6.07) is 6.84. The number of imidazole rings is 1. The van der Waals surface area contributed by atoms with Gasteiger partial charge in [-0.3, -0.25) is 0 Å². The zero-order valence-electron chi connectivity index (χ0n) is 10.7. The lowest BCUT2D eigenvalue weighted by atomic mass is 9.81. The van der Waals surface area contributed by atoms with Gasteiger partial charge in [-0.05, 0) is 49.9 Å². The fraction of sp³-hybridized carbons (Fsp3) is 0.500. The number of hydrogen-bond donors (Lipinski definition) is 3. The summed E-state index contributed by atoms with van der Waals surface area (Å²) in [5, 5.41) is 3.51. The molecule has 1 fully saturated rings. The van der Waals surface area contributed by atoms with Crippen molar-refractivity contribution in [2.45, 2.75) is 32.4 Å². The fourth-order valence-corrected chi connectivity index (χ4v) is 2.67. The minimum atomic E-state index is 0.445. The highest BCUT2D eigenvalue weighted by Crippen LogP contribution is 2.24. The predicted octanol–water partition coefficient (Wildman–Crippen LogP) is 1.70. The van der Waals surface area contributed by atoms with Crippen molar-refractivity contribution in [3.63, 3.8) is 0 Å². The van der Waals surface area contributed by atoms with Crippen molar-refractivity contribution in [2.24, 2.45) is 11.7 Å². The summed E-state index contributed by atoms with van der Waals surface area (Å²) >= 11 is 0. The SMILES string of the molecule is Cc1nc2ccc(CNCC3CC(N)C3)cc2[nH]1. The van der Waals surface area contributed by atoms with Crippen LogP contribution in [0, 0.1) is 12.8 Å². The van der Waals surface area contributed by atoms with Gasteiger partial charge in [0.15, 0.2) is 0 Å². The maximum Gasteiger partial charge on any atom is 0.104 e. The smallest absolute Gasteiger partial charge is 0.104 e. The Morgan fingerprint density at radius 3 is 3.06 bits per heavy atom. The van der Waals surface area contributed by atoms with Crippen LogP contribution in [-0.4, -0.2) is 22.6 Å². The van der Waals surface area contributed by atoms with Crippen LogP contribution in [0.4, 0.5) is 0 Å². The number of hydrogen-bond acceptors (Lipinski definition) is 3. The van der Waals surface area contributed by atoms with Gasteiger partial charge in [0, 0.05) is 12.6 Å². The summed E-state index contributed by atoms with van der Waals surface area (Å²) in [5.41, 5.74) is 9.24. The molecule has 2 aromatic rings. The summed E-state index contributed by atoms with van der Waals surface area (Å²) < 4.78 is 0. The van der Waals surface area contributed by atoms with Crippen LogP contribution in [0.1, 0.15) is 24.2 Å². The maximum absolute atomic E-state index is 5.78. The standard InChI is InChI=1S/C14H20N4/c1-9-17-13-3-2-10(6-14(13)18-9)7-16-8-11-4-12(15)5-11/h2-3,6,11-12,16H,4-5,7-8,15H2,1H3,(H,17,18). The quantitative estimate of drug-likeness (QED) is 0.767. The van der Waals surface area contributed by atoms with Crippen LogP contribution in [0.15, 0.2) is 18.2 Å². The molecule has 3 rings (SSSR count). The average Bonchev–Trinajstić information content (AvgIpc) is 2.66. The predicted molar refractivity (Wildman–Crippen MR) is 73.2 cm³/mol. The molecule has 1 aromatic carbocycles. The van der Waals surface area contributed by atoms with E-state index in [1.807, 2.05) is 6.92 Å². The van der Waals surface area contributed by atoms with Crippen molar-refractivity contribution in [2.75, 3.05) is 6.54 Å². The van der Waals surface area contributed by atoms with Crippen molar-refractivity contribution < 1.29 is 0 Å². The first-order valence-electron chi connectivity index (χ1n) is 6.62. The number of nitrogens with two attached hydrogens (primary N) is 1. The lowest BCUT2D eigenvalue weighted by Gasteiger charge is -2.32. The zero-order valence-corrected chi connectivity index (χ0v) is 10.7. The van der Waals surface area contributed by atoms with Crippen molar-refractivity contribution in [3.05, 3.63) is 29.6 Å². The number of nitrogens with one attached hydrogen (secondary N) is 2. The van der Waals surface area contributed by atoms with Crippen LogP contribution in [-0.2, 0) is 6.54 Å². The van der Waals surface area contributed by atoms with E-state index in [1.54, 1.807) is 0 Å². The highest BCUT2D eigenvalue weighted by atomic mass is 14.9. The van der Waals surface area contributed by atoms with E-state index in [2.05, 4.69) is 33.5 Å². The van der Waals surface area contributed by atoms with Gasteiger partial charge in [-0.25, -0.2) is 4.98 Å². The second-order valence-electron chi connectivity index (χ2n) is 5.40. The van der Waals surface area contributed by atoms with Crippen LogP contribution in [0.2, 0.25) is 0 Å². The molecule has 0 aliphatic heterocycles. The van der Waals surface area contributed by atoms with Crippen LogP contribution in [0.3, 0.4) is 0 Å². The molecular formula is C14H20N4. The van der Waals surface area contributed by atoms with E-state index in [9.17, 15) is 0 Å². The van der Waals surface area contributed by atoms with Gasteiger partial charge in [-0.2, -0.15) is 0 Å². The molecule has 0 bridgehead atoms. The summed E-state index contributed by atoms with van der Waals surface area (Å²) in [5.74, 6) is 1.75. The molecule has 1 aliphatic rings. The van der Waals surface area contributed by atoms with Gasteiger partial charge in [0.25, 0.3) is 0 Å². The molecular weight excluding hydrogens is 224 g/mol. The Bertz CT molecular complexity index is 540. The second kappa shape index (κ2) is 4.71. The molecule has 4 heteroatoms. The van der Waals surface area contributed by atoms with Crippen molar-refractivity contribution in [1.82, 2.24) is 15.3 Å². The van der Waals surface area contributed by atoms with E-state index in [0.717, 1.165) is 35.9 Å². The Morgan fingerprint density at radius 2 is 2.28 bits per heavy atom. The van der Waals surface area contributed by atoms with Crippen molar-refractivity contribution in [3.8, 4) is 0 Å². The number of aryl methyl sites for hydroxylation is 1. The molecule has 0 atom stereocenters. The first-order chi connectivity index (χ1) is 8.70. The number of nitrogens with zero attached hydrogens (tertiary/aromatic N) is 1. The molecule has 1 aromatic heterocycles. The highest BCUT2D eigenvalue weighted by molar-refractivity contribution is 5.75. The minimum Gasteiger partial charge on any atom is -0.342 e. The minimum absolute atomic E-state index is 0.445. The molecule has 1 heterocycles. The third-order valence-corrected chi connectivity index (χ3v) is 3.70. The highest BCUT2D eigenvalue weighted by Gasteiger charge is 2.24. The molecule has 1 saturated carbocycles. The zero-order chi connectivity index (χ0) is 12.5. The van der Waals surface area contributed by atoms with E-state index >= 15 is 0 Å². The van der Waals surface area contributed by atoms with Crippen LogP contribution < -0.4 is 11.1 Å². The van der Waals surface area contributed by atoms with Crippen molar-refractivity contribution in [1.29, 1.82) is 0 Å². The van der Waals surface area contributed by atoms with Crippen LogP contribution in [0.25, 0.3) is 11.0 Å². The van der Waals surface area contributed by atoms with Crippen molar-refractivity contribution >= 4 is 11.0 Å². The number of rotatable bonds is 4. The number of fused-ring (bicyclic) bond motifs is 1. The number of benzene rings is 1. The third-order valence-electron chi connectivity index (χ3n) is 3.70. The van der Waals surface area contributed by atoms with Crippen LogP contribution in [0.5, 0.6) is 0 Å². The molecule has 18 heavy (non-hydrogen) atoms. The molecule has 0 radical (unpaired) electrons. The van der Waals surface area contributed by atoms with Gasteiger partial charge in [-0.1, -0.05) is 6.07 Å². The summed E-state index contributed by atoms with van der Waals surface area (Å²) in [6.45, 7) is 3.98. The Labute approximate surface area is 107 Å². The lowest BCUT2D eigenvalue weighted by Crippen LogP contribution is -2.41. The van der Waals surface area contributed by atoms with E-state index < -0.39 is 0 Å². The van der Waals surface area contributed by atoms with Gasteiger partial charge in [0.2, 0.25) is 0 Å². The molecule has 4 N–H and O–H groups in total. The normalized spacial score (nSPS) is 23.2. The number of aromatic nitrogens is 2. The van der Waals surface area contributed by atoms with Gasteiger partial charge in [-0.15, -0.1) is 0 Å². The molecule has 0 saturated heterocycles. The third kappa shape index (κ3) is 2.40. The Hall–Kier alpha value is -1.39. The summed E-state index contributed by atoms with van der Waals surface area (Å²) in [4.78, 5) is 7.67. The van der Waals surface area contributed by atoms with E-state index in [1.165, 1.54) is 18.4 Å². The number of H-pyrrole nitrogens is 1. The number of aromatic amines is 1. The van der Waals surface area contributed by atoms with Gasteiger partial charge >= 0.3 is 0 Å². The molecule has 4 nitrogen and oxygen atoms in total. The topological polar surface area (TPSA) is 66.7 Å². The largest absolute Gasteiger partial charge is 0.342 e. The first kappa shape index (κ1) is 11.7. The molecule has 1 aliphatic carbocycles. The average molecular weight is 244 g/mol. The Morgan fingerprint density at radius 1 is 1.44 bits per heavy atom.